The lowest BCUT2D eigenvalue weighted by Crippen LogP contribution is -2.51. The van der Waals surface area contributed by atoms with Gasteiger partial charge in [0.2, 0.25) is 5.89 Å². The van der Waals surface area contributed by atoms with Crippen molar-refractivity contribution >= 4 is 23.3 Å². The summed E-state index contributed by atoms with van der Waals surface area (Å²) in [6, 6.07) is 22.7. The molecule has 1 N–H and O–H groups in total. The minimum Gasteiger partial charge on any atom is -0.418 e. The number of imide groups is 1. The van der Waals surface area contributed by atoms with Gasteiger partial charge >= 0.3 is 6.03 Å². The Balaban J connectivity index is 1.43. The molecule has 160 valence electrons. The van der Waals surface area contributed by atoms with E-state index in [1.54, 1.807) is 0 Å². The summed E-state index contributed by atoms with van der Waals surface area (Å²) in [6.45, 7) is -0.0750. The summed E-state index contributed by atoms with van der Waals surface area (Å²) >= 11 is 1.48. The molecular formula is C24H20N4O3S. The number of hydrogen-bond donors (Lipinski definition) is 1. The van der Waals surface area contributed by atoms with Gasteiger partial charge in [-0.05, 0) is 22.6 Å². The van der Waals surface area contributed by atoms with Gasteiger partial charge in [0.15, 0.2) is 0 Å². The lowest BCUT2D eigenvalue weighted by molar-refractivity contribution is -0.132. The lowest BCUT2D eigenvalue weighted by atomic mass is 9.84. The minimum absolute atomic E-state index is 0.0750. The van der Waals surface area contributed by atoms with E-state index >= 15 is 0 Å². The van der Waals surface area contributed by atoms with Gasteiger partial charge in [0.1, 0.15) is 12.1 Å². The fraction of sp³-hybridized carbons (Fsp3) is 0.167. The molecule has 2 aromatic heterocycles. The first-order chi connectivity index (χ1) is 15.6. The zero-order valence-electron chi connectivity index (χ0n) is 17.1. The number of hydrogen-bond acceptors (Lipinski definition) is 6. The van der Waals surface area contributed by atoms with E-state index in [9.17, 15) is 9.59 Å². The maximum Gasteiger partial charge on any atom is 0.325 e. The molecule has 0 bridgehead atoms. The summed E-state index contributed by atoms with van der Waals surface area (Å²) < 4.78 is 5.71. The maximum absolute atomic E-state index is 13.6. The molecule has 1 aliphatic heterocycles. The molecule has 32 heavy (non-hydrogen) atoms. The van der Waals surface area contributed by atoms with Crippen LogP contribution in [-0.2, 0) is 24.2 Å². The van der Waals surface area contributed by atoms with Crippen LogP contribution < -0.4 is 5.32 Å². The third-order valence-corrected chi connectivity index (χ3v) is 6.29. The lowest BCUT2D eigenvalue weighted by Gasteiger charge is -2.27. The molecule has 3 amide bonds. The van der Waals surface area contributed by atoms with Crippen molar-refractivity contribution in [2.75, 3.05) is 0 Å². The maximum atomic E-state index is 13.6. The van der Waals surface area contributed by atoms with Crippen molar-refractivity contribution in [3.63, 3.8) is 0 Å². The van der Waals surface area contributed by atoms with Crippen LogP contribution in [0.2, 0.25) is 0 Å². The summed E-state index contributed by atoms with van der Waals surface area (Å²) in [7, 11) is 0. The van der Waals surface area contributed by atoms with Crippen LogP contribution in [-0.4, -0.2) is 32.6 Å². The van der Waals surface area contributed by atoms with Gasteiger partial charge in [0.25, 0.3) is 11.8 Å². The van der Waals surface area contributed by atoms with Crippen LogP contribution in [0.15, 0.2) is 82.6 Å². The van der Waals surface area contributed by atoms with Gasteiger partial charge in [-0.2, -0.15) is 0 Å². The molecule has 0 atom stereocenters. The summed E-state index contributed by atoms with van der Waals surface area (Å²) in [5.41, 5.74) is 0.851. The smallest absolute Gasteiger partial charge is 0.325 e. The topological polar surface area (TPSA) is 88.3 Å². The Morgan fingerprint density at radius 2 is 1.53 bits per heavy atom. The van der Waals surface area contributed by atoms with Crippen molar-refractivity contribution in [1.82, 2.24) is 20.4 Å². The molecule has 0 radical (unpaired) electrons. The van der Waals surface area contributed by atoms with Crippen molar-refractivity contribution in [2.45, 2.75) is 24.9 Å². The molecule has 7 nitrogen and oxygen atoms in total. The Morgan fingerprint density at radius 3 is 2.12 bits per heavy atom. The number of amides is 3. The number of carbonyl (C=O) groups is 2. The summed E-state index contributed by atoms with van der Waals surface area (Å²) in [6.07, 6.45) is 0.766. The summed E-state index contributed by atoms with van der Waals surface area (Å²) in [5, 5.41) is 13.0. The van der Waals surface area contributed by atoms with E-state index in [0.717, 1.165) is 20.9 Å². The number of thiophene rings is 1. The Hall–Kier alpha value is -3.78. The van der Waals surface area contributed by atoms with Crippen LogP contribution in [0.4, 0.5) is 4.79 Å². The molecule has 8 heteroatoms. The van der Waals surface area contributed by atoms with Gasteiger partial charge in [0.05, 0.1) is 4.88 Å². The zero-order chi connectivity index (χ0) is 22.0. The zero-order valence-corrected chi connectivity index (χ0v) is 17.9. The van der Waals surface area contributed by atoms with Crippen molar-refractivity contribution in [3.8, 4) is 10.8 Å². The van der Waals surface area contributed by atoms with E-state index < -0.39 is 11.6 Å². The SMILES string of the molecule is O=C1NC(Cc2ccccc2)(Cc2ccccc2)C(=O)N1Cc1nnc(-c2cccs2)o1. The average molecular weight is 445 g/mol. The molecule has 4 aromatic rings. The van der Waals surface area contributed by atoms with Crippen LogP contribution in [0.1, 0.15) is 17.0 Å². The van der Waals surface area contributed by atoms with E-state index in [0.29, 0.717) is 18.7 Å². The second-order valence-corrected chi connectivity index (χ2v) is 8.65. The molecule has 0 aliphatic carbocycles. The monoisotopic (exact) mass is 444 g/mol. The van der Waals surface area contributed by atoms with Gasteiger partial charge in [-0.15, -0.1) is 21.5 Å². The van der Waals surface area contributed by atoms with Crippen LogP contribution in [0.3, 0.4) is 0 Å². The second-order valence-electron chi connectivity index (χ2n) is 7.71. The van der Waals surface area contributed by atoms with Crippen molar-refractivity contribution in [1.29, 1.82) is 0 Å². The molecule has 2 aromatic carbocycles. The Bertz CT molecular complexity index is 1180. The first-order valence-corrected chi connectivity index (χ1v) is 11.1. The van der Waals surface area contributed by atoms with Crippen molar-refractivity contribution in [2.24, 2.45) is 0 Å². The second kappa shape index (κ2) is 8.39. The summed E-state index contributed by atoms with van der Waals surface area (Å²) in [4.78, 5) is 28.6. The average Bonchev–Trinajstić information content (AvgIpc) is 3.54. The van der Waals surface area contributed by atoms with Crippen LogP contribution >= 0.6 is 11.3 Å². The van der Waals surface area contributed by atoms with Crippen molar-refractivity contribution in [3.05, 3.63) is 95.2 Å². The number of nitrogens with one attached hydrogen (secondary N) is 1. The molecule has 0 saturated carbocycles. The molecule has 1 aliphatic rings. The first kappa shape index (κ1) is 20.1. The number of urea groups is 1. The highest BCUT2D eigenvalue weighted by molar-refractivity contribution is 7.13. The fourth-order valence-electron chi connectivity index (χ4n) is 3.96. The standard InChI is InChI=1S/C24H20N4O3S/c29-22-24(14-17-8-3-1-4-9-17,15-18-10-5-2-6-11-18)25-23(30)28(22)16-20-26-27-21(31-20)19-12-7-13-32-19/h1-13H,14-16H2,(H,25,30). The van der Waals surface area contributed by atoms with E-state index in [2.05, 4.69) is 15.5 Å². The third kappa shape index (κ3) is 3.92. The quantitative estimate of drug-likeness (QED) is 0.434. The van der Waals surface area contributed by atoms with Gasteiger partial charge in [-0.1, -0.05) is 66.7 Å². The molecule has 1 fully saturated rings. The molecule has 0 unspecified atom stereocenters. The van der Waals surface area contributed by atoms with E-state index in [1.165, 1.54) is 11.3 Å². The van der Waals surface area contributed by atoms with Crippen LogP contribution in [0, 0.1) is 0 Å². The predicted octanol–water partition coefficient (Wildman–Crippen LogP) is 4.07. The molecule has 1 saturated heterocycles. The van der Waals surface area contributed by atoms with Crippen molar-refractivity contribution < 1.29 is 14.0 Å². The van der Waals surface area contributed by atoms with Crippen LogP contribution in [0.25, 0.3) is 10.8 Å². The van der Waals surface area contributed by atoms with Gasteiger partial charge in [-0.25, -0.2) is 4.79 Å². The van der Waals surface area contributed by atoms with E-state index in [-0.39, 0.29) is 18.3 Å². The first-order valence-electron chi connectivity index (χ1n) is 10.2. The minimum atomic E-state index is -1.09. The highest BCUT2D eigenvalue weighted by Crippen LogP contribution is 2.29. The van der Waals surface area contributed by atoms with Gasteiger partial charge < -0.3 is 9.73 Å². The Morgan fingerprint density at radius 1 is 0.875 bits per heavy atom. The highest BCUT2D eigenvalue weighted by atomic mass is 32.1. The number of nitrogens with zero attached hydrogens (tertiary/aromatic N) is 3. The third-order valence-electron chi connectivity index (χ3n) is 5.44. The van der Waals surface area contributed by atoms with Gasteiger partial charge in [-0.3, -0.25) is 9.69 Å². The largest absolute Gasteiger partial charge is 0.418 e. The number of aromatic nitrogens is 2. The number of rotatable bonds is 7. The molecule has 0 spiro atoms. The summed E-state index contributed by atoms with van der Waals surface area (Å²) in [5.74, 6) is 0.292. The Kier molecular flexibility index (Phi) is 5.28. The molecule has 5 rings (SSSR count). The number of benzene rings is 2. The highest BCUT2D eigenvalue weighted by Gasteiger charge is 2.51. The fourth-order valence-corrected chi connectivity index (χ4v) is 4.61. The molecule has 3 heterocycles. The number of carbonyl (C=O) groups excluding carboxylic acids is 2. The van der Waals surface area contributed by atoms with E-state index in [4.69, 9.17) is 4.42 Å². The Labute approximate surface area is 188 Å². The molecular weight excluding hydrogens is 424 g/mol. The normalized spacial score (nSPS) is 15.2. The van der Waals surface area contributed by atoms with Gasteiger partial charge in [0, 0.05) is 12.8 Å². The van der Waals surface area contributed by atoms with Crippen LogP contribution in [0.5, 0.6) is 0 Å². The van der Waals surface area contributed by atoms with E-state index in [1.807, 2.05) is 78.2 Å². The predicted molar refractivity (Wildman–Crippen MR) is 120 cm³/mol.